The van der Waals surface area contributed by atoms with Gasteiger partial charge in [-0.25, -0.2) is 12.8 Å². The lowest BCUT2D eigenvalue weighted by Crippen LogP contribution is -2.16. The molecular formula is C25H26FN3O4S. The molecule has 0 aliphatic rings. The molecule has 0 saturated heterocycles. The van der Waals surface area contributed by atoms with Crippen molar-refractivity contribution in [3.63, 3.8) is 0 Å². The van der Waals surface area contributed by atoms with Crippen LogP contribution in [0.15, 0.2) is 76.1 Å². The van der Waals surface area contributed by atoms with Gasteiger partial charge in [0, 0.05) is 23.7 Å². The first-order chi connectivity index (χ1) is 16.4. The van der Waals surface area contributed by atoms with Crippen LogP contribution in [0.4, 0.5) is 10.1 Å². The van der Waals surface area contributed by atoms with Gasteiger partial charge in [-0.2, -0.15) is 0 Å². The molecule has 0 spiro atoms. The molecule has 0 atom stereocenters. The van der Waals surface area contributed by atoms with Crippen molar-refractivity contribution in [1.29, 1.82) is 0 Å². The second-order valence-corrected chi connectivity index (χ2v) is 9.57. The van der Waals surface area contributed by atoms with Crippen LogP contribution in [0.2, 0.25) is 0 Å². The number of nitrogens with one attached hydrogen (secondary N) is 2. The second-order valence-electron chi connectivity index (χ2n) is 7.89. The summed E-state index contributed by atoms with van der Waals surface area (Å²) >= 11 is 0. The highest BCUT2D eigenvalue weighted by Gasteiger charge is 2.14. The van der Waals surface area contributed by atoms with Crippen LogP contribution < -0.4 is 14.8 Å². The molecule has 178 valence electrons. The molecule has 0 radical (unpaired) electrons. The zero-order valence-corrected chi connectivity index (χ0v) is 19.6. The SMILES string of the molecule is COc1ccc(S(=O)(=O)Nc2cccc(CNCCCCc3noc4cc(F)ccc34)c2)cc1. The third-order valence-corrected chi connectivity index (χ3v) is 6.80. The maximum absolute atomic E-state index is 13.3. The van der Waals surface area contributed by atoms with Crippen molar-refractivity contribution in [2.45, 2.75) is 30.7 Å². The number of aryl methyl sites for hydroxylation is 1. The van der Waals surface area contributed by atoms with Crippen LogP contribution in [-0.2, 0) is 23.0 Å². The molecule has 0 bridgehead atoms. The van der Waals surface area contributed by atoms with Gasteiger partial charge < -0.3 is 14.6 Å². The fourth-order valence-electron chi connectivity index (χ4n) is 3.63. The van der Waals surface area contributed by atoms with Gasteiger partial charge >= 0.3 is 0 Å². The summed E-state index contributed by atoms with van der Waals surface area (Å²) in [5.41, 5.74) is 2.78. The van der Waals surface area contributed by atoms with E-state index in [0.717, 1.165) is 42.5 Å². The molecule has 0 aliphatic heterocycles. The first kappa shape index (κ1) is 23.7. The summed E-state index contributed by atoms with van der Waals surface area (Å²) in [4.78, 5) is 0.168. The number of ether oxygens (including phenoxy) is 1. The fourth-order valence-corrected chi connectivity index (χ4v) is 4.68. The standard InChI is InChI=1S/C25H26FN3O4S/c1-32-21-9-11-22(12-10-21)34(30,31)29-20-6-4-5-18(15-20)17-27-14-3-2-7-24-23-13-8-19(26)16-25(23)33-28-24/h4-6,8-13,15-16,27,29H,2-3,7,14,17H2,1H3. The summed E-state index contributed by atoms with van der Waals surface area (Å²) in [6.45, 7) is 1.41. The topological polar surface area (TPSA) is 93.5 Å². The largest absolute Gasteiger partial charge is 0.497 e. The van der Waals surface area contributed by atoms with Crippen molar-refractivity contribution in [3.05, 3.63) is 83.8 Å². The van der Waals surface area contributed by atoms with E-state index >= 15 is 0 Å². The maximum atomic E-state index is 13.3. The van der Waals surface area contributed by atoms with Crippen LogP contribution in [0.3, 0.4) is 0 Å². The molecule has 0 fully saturated rings. The second kappa shape index (κ2) is 10.7. The number of aromatic nitrogens is 1. The van der Waals surface area contributed by atoms with E-state index in [1.807, 2.05) is 18.2 Å². The lowest BCUT2D eigenvalue weighted by molar-refractivity contribution is 0.414. The summed E-state index contributed by atoms with van der Waals surface area (Å²) in [6, 6.07) is 18.0. The van der Waals surface area contributed by atoms with Gasteiger partial charge in [-0.15, -0.1) is 0 Å². The number of hydrogen-bond donors (Lipinski definition) is 2. The van der Waals surface area contributed by atoms with E-state index in [0.29, 0.717) is 23.6 Å². The molecule has 0 saturated carbocycles. The fraction of sp³-hybridized carbons (Fsp3) is 0.240. The quantitative estimate of drug-likeness (QED) is 0.295. The van der Waals surface area contributed by atoms with Gasteiger partial charge in [-0.3, -0.25) is 4.72 Å². The molecule has 4 aromatic rings. The number of unbranched alkanes of at least 4 members (excludes halogenated alkanes) is 1. The summed E-state index contributed by atoms with van der Waals surface area (Å²) in [5.74, 6) is 0.258. The van der Waals surface area contributed by atoms with E-state index in [1.54, 1.807) is 24.3 Å². The van der Waals surface area contributed by atoms with Crippen LogP contribution in [0.5, 0.6) is 5.75 Å². The van der Waals surface area contributed by atoms with E-state index in [2.05, 4.69) is 15.2 Å². The van der Waals surface area contributed by atoms with Crippen LogP contribution >= 0.6 is 0 Å². The number of hydrogen-bond acceptors (Lipinski definition) is 6. The van der Waals surface area contributed by atoms with Crippen molar-refractivity contribution in [1.82, 2.24) is 10.5 Å². The Labute approximate surface area is 198 Å². The van der Waals surface area contributed by atoms with Gasteiger partial charge in [0.25, 0.3) is 10.0 Å². The van der Waals surface area contributed by atoms with E-state index in [4.69, 9.17) is 9.26 Å². The smallest absolute Gasteiger partial charge is 0.261 e. The van der Waals surface area contributed by atoms with Crippen LogP contribution in [0.1, 0.15) is 24.1 Å². The van der Waals surface area contributed by atoms with Gasteiger partial charge in [0.2, 0.25) is 0 Å². The Hall–Kier alpha value is -3.43. The van der Waals surface area contributed by atoms with E-state index in [-0.39, 0.29) is 10.7 Å². The number of fused-ring (bicyclic) bond motifs is 1. The molecule has 3 aromatic carbocycles. The number of rotatable bonds is 11. The van der Waals surface area contributed by atoms with Crippen LogP contribution in [-0.4, -0.2) is 27.2 Å². The summed E-state index contributed by atoms with van der Waals surface area (Å²) in [5, 5.41) is 8.27. The lowest BCUT2D eigenvalue weighted by atomic mass is 10.1. The molecule has 0 amide bonds. The Balaban J connectivity index is 1.24. The van der Waals surface area contributed by atoms with Gasteiger partial charge in [0.1, 0.15) is 11.6 Å². The Morgan fingerprint density at radius 2 is 1.85 bits per heavy atom. The van der Waals surface area contributed by atoms with Gasteiger partial charge in [0.15, 0.2) is 5.58 Å². The molecule has 0 unspecified atom stereocenters. The van der Waals surface area contributed by atoms with Crippen molar-refractivity contribution < 1.29 is 22.1 Å². The van der Waals surface area contributed by atoms with E-state index < -0.39 is 10.0 Å². The third kappa shape index (κ3) is 5.92. The number of methoxy groups -OCH3 is 1. The van der Waals surface area contributed by atoms with Crippen LogP contribution in [0.25, 0.3) is 11.0 Å². The zero-order chi connectivity index (χ0) is 24.0. The van der Waals surface area contributed by atoms with E-state index in [9.17, 15) is 12.8 Å². The predicted octanol–water partition coefficient (Wildman–Crippen LogP) is 4.89. The Kier molecular flexibility index (Phi) is 7.44. The number of benzene rings is 3. The summed E-state index contributed by atoms with van der Waals surface area (Å²) in [7, 11) is -2.16. The minimum absolute atomic E-state index is 0.168. The first-order valence-corrected chi connectivity index (χ1v) is 12.4. The minimum atomic E-state index is -3.69. The molecule has 0 aliphatic carbocycles. The first-order valence-electron chi connectivity index (χ1n) is 10.9. The number of anilines is 1. The van der Waals surface area contributed by atoms with Gasteiger partial charge in [-0.1, -0.05) is 17.3 Å². The number of sulfonamides is 1. The highest BCUT2D eigenvalue weighted by molar-refractivity contribution is 7.92. The summed E-state index contributed by atoms with van der Waals surface area (Å²) < 4.78 is 51.4. The Morgan fingerprint density at radius 3 is 2.65 bits per heavy atom. The molecule has 1 aromatic heterocycles. The molecule has 34 heavy (non-hydrogen) atoms. The average molecular weight is 484 g/mol. The number of nitrogens with zero attached hydrogens (tertiary/aromatic N) is 1. The van der Waals surface area contributed by atoms with Gasteiger partial charge in [0.05, 0.1) is 17.7 Å². The molecule has 7 nitrogen and oxygen atoms in total. The van der Waals surface area contributed by atoms with E-state index in [1.165, 1.54) is 31.4 Å². The van der Waals surface area contributed by atoms with Crippen molar-refractivity contribution >= 4 is 26.7 Å². The minimum Gasteiger partial charge on any atom is -0.497 e. The molecule has 2 N–H and O–H groups in total. The highest BCUT2D eigenvalue weighted by Crippen LogP contribution is 2.21. The molecule has 9 heteroatoms. The highest BCUT2D eigenvalue weighted by atomic mass is 32.2. The lowest BCUT2D eigenvalue weighted by Gasteiger charge is -2.11. The van der Waals surface area contributed by atoms with Crippen molar-refractivity contribution in [2.24, 2.45) is 0 Å². The molecule has 1 heterocycles. The van der Waals surface area contributed by atoms with Crippen molar-refractivity contribution in [2.75, 3.05) is 18.4 Å². The normalized spacial score (nSPS) is 11.6. The third-order valence-electron chi connectivity index (χ3n) is 5.40. The van der Waals surface area contributed by atoms with Gasteiger partial charge in [-0.05, 0) is 79.9 Å². The van der Waals surface area contributed by atoms with Crippen LogP contribution in [0, 0.1) is 5.82 Å². The monoisotopic (exact) mass is 483 g/mol. The molecular weight excluding hydrogens is 457 g/mol. The zero-order valence-electron chi connectivity index (χ0n) is 18.8. The molecule has 4 rings (SSSR count). The Morgan fingerprint density at radius 1 is 1.03 bits per heavy atom. The number of halogens is 1. The maximum Gasteiger partial charge on any atom is 0.261 e. The van der Waals surface area contributed by atoms with Crippen molar-refractivity contribution in [3.8, 4) is 5.75 Å². The predicted molar refractivity (Wildman–Crippen MR) is 129 cm³/mol. The summed E-state index contributed by atoms with van der Waals surface area (Å²) in [6.07, 6.45) is 2.59. The average Bonchev–Trinajstić information content (AvgIpc) is 3.23. The Bertz CT molecular complexity index is 1350.